The molecule has 12 heteroatoms. The van der Waals surface area contributed by atoms with Crippen LogP contribution in [0, 0.1) is 0 Å². The molecule has 0 spiro atoms. The molecule has 1 heterocycles. The van der Waals surface area contributed by atoms with Gasteiger partial charge in [0.05, 0.1) is 39.6 Å². The quantitative estimate of drug-likeness (QED) is 0.0442. The second kappa shape index (κ2) is 60.6. The molecule has 0 aromatic rings. The second-order valence-corrected chi connectivity index (χ2v) is 10.2. The van der Waals surface area contributed by atoms with Gasteiger partial charge in [0.2, 0.25) is 0 Å². The molecule has 0 atom stereocenters. The summed E-state index contributed by atoms with van der Waals surface area (Å²) in [7, 11) is 3.39. The third kappa shape index (κ3) is 74.9. The summed E-state index contributed by atoms with van der Waals surface area (Å²) in [6, 6.07) is 0. The summed E-state index contributed by atoms with van der Waals surface area (Å²) in [5.41, 5.74) is 0. The Balaban J connectivity index is -0.000000276. The van der Waals surface area contributed by atoms with Crippen molar-refractivity contribution in [2.75, 3.05) is 125 Å². The van der Waals surface area contributed by atoms with Crippen LogP contribution in [0.5, 0.6) is 0 Å². The van der Waals surface area contributed by atoms with E-state index in [0.717, 1.165) is 97.1 Å². The molecule has 0 bridgehead atoms. The van der Waals surface area contributed by atoms with Gasteiger partial charge in [-0.2, -0.15) is 0 Å². The highest BCUT2D eigenvalue weighted by molar-refractivity contribution is 14.1. The maximum atomic E-state index is 10.0. The van der Waals surface area contributed by atoms with Crippen LogP contribution in [0.3, 0.4) is 0 Å². The number of halogens is 1. The number of hydrogen-bond acceptors (Lipinski definition) is 11. The zero-order valence-electron chi connectivity index (χ0n) is 29.9. The van der Waals surface area contributed by atoms with Gasteiger partial charge in [-0.3, -0.25) is 0 Å². The fourth-order valence-electron chi connectivity index (χ4n) is 3.44. The largest absolute Gasteiger partial charge is 0.853 e. The predicted octanol–water partition coefficient (Wildman–Crippen LogP) is 3.94. The van der Waals surface area contributed by atoms with Gasteiger partial charge in [0.15, 0.2) is 0 Å². The van der Waals surface area contributed by atoms with E-state index < -0.39 is 0 Å². The van der Waals surface area contributed by atoms with Crippen LogP contribution in [0.25, 0.3) is 0 Å². The van der Waals surface area contributed by atoms with E-state index in [1.807, 2.05) is 4.93 Å². The zero-order valence-corrected chi connectivity index (χ0v) is 32.0. The van der Waals surface area contributed by atoms with Crippen molar-refractivity contribution >= 4 is 22.6 Å². The maximum Gasteiger partial charge on any atom is 0.0701 e. The van der Waals surface area contributed by atoms with E-state index >= 15 is 0 Å². The van der Waals surface area contributed by atoms with Gasteiger partial charge in [-0.25, -0.2) is 0 Å². The predicted molar refractivity (Wildman–Crippen MR) is 191 cm³/mol. The van der Waals surface area contributed by atoms with Crippen molar-refractivity contribution in [2.24, 2.45) is 0 Å². The van der Waals surface area contributed by atoms with Crippen molar-refractivity contribution in [2.45, 2.75) is 96.3 Å². The Morgan fingerprint density at radius 2 is 0.696 bits per heavy atom. The van der Waals surface area contributed by atoms with Gasteiger partial charge in [-0.1, -0.05) is 80.4 Å². The summed E-state index contributed by atoms with van der Waals surface area (Å²) < 4.78 is 35.2. The first-order valence-corrected chi connectivity index (χ1v) is 19.5. The van der Waals surface area contributed by atoms with Crippen molar-refractivity contribution in [1.29, 1.82) is 0 Å². The molecule has 0 amide bonds. The van der Waals surface area contributed by atoms with Crippen molar-refractivity contribution in [1.82, 2.24) is 0 Å². The molecule has 1 aliphatic rings. The molecule has 1 saturated heterocycles. The third-order valence-electron chi connectivity index (χ3n) is 5.99. The van der Waals surface area contributed by atoms with Gasteiger partial charge in [-0.05, 0) is 43.5 Å². The Morgan fingerprint density at radius 3 is 0.935 bits per heavy atom. The summed E-state index contributed by atoms with van der Waals surface area (Å²) in [5.74, 6) is 0. The van der Waals surface area contributed by atoms with E-state index in [1.54, 1.807) is 14.2 Å². The van der Waals surface area contributed by atoms with Crippen LogP contribution in [-0.4, -0.2) is 135 Å². The topological polar surface area (TPSA) is 154 Å². The van der Waals surface area contributed by atoms with Crippen molar-refractivity contribution in [3.8, 4) is 0 Å². The van der Waals surface area contributed by atoms with Crippen LogP contribution in [-0.2, 0) is 33.2 Å². The average Bonchev–Trinajstić information content (AvgIpc) is 3.98. The molecule has 1 rings (SSSR count). The lowest BCUT2D eigenvalue weighted by Gasteiger charge is -2.07. The van der Waals surface area contributed by atoms with E-state index in [2.05, 4.69) is 27.3 Å². The lowest BCUT2D eigenvalue weighted by atomic mass is 10.1. The van der Waals surface area contributed by atoms with Crippen LogP contribution < -0.4 is 10.2 Å². The number of rotatable bonds is 32. The minimum atomic E-state index is -0.142. The Bertz CT molecular complexity index is 405. The number of ether oxygens (including phenoxy) is 7. The van der Waals surface area contributed by atoms with Crippen LogP contribution in [0.1, 0.15) is 96.3 Å². The number of epoxide rings is 1. The molecule has 284 valence electrons. The minimum absolute atomic E-state index is 0.142. The molecule has 1 fully saturated rings. The summed E-state index contributed by atoms with van der Waals surface area (Å²) >= 11 is 2.15. The highest BCUT2D eigenvalue weighted by atomic mass is 127. The normalized spacial score (nSPS) is 11.2. The average molecular weight is 785 g/mol. The molecule has 0 saturated carbocycles. The summed E-state index contributed by atoms with van der Waals surface area (Å²) in [4.78, 5) is 1.97. The SMILES string of the molecule is C1CO1.CI.COCCOCCCCCCCOCCOC.OCCCCCCCO.[O-]CCOCCCCCCCOCC[O-]. The number of hydrogen-bond donors (Lipinski definition) is 2. The number of aliphatic hydroxyl groups excluding tert-OH is 2. The van der Waals surface area contributed by atoms with Crippen molar-refractivity contribution in [3.63, 3.8) is 0 Å². The third-order valence-corrected chi connectivity index (χ3v) is 5.99. The van der Waals surface area contributed by atoms with E-state index in [9.17, 15) is 10.2 Å². The van der Waals surface area contributed by atoms with Crippen LogP contribution >= 0.6 is 22.6 Å². The number of unbranched alkanes of at least 4 members (excludes halogenated alkanes) is 12. The van der Waals surface area contributed by atoms with Crippen LogP contribution in [0.4, 0.5) is 0 Å². The molecule has 0 aromatic heterocycles. The standard InChI is InChI=1S/C13H28O4.C11H22O4.C7H16O2.C2H4O.CH3I/c1-14-10-12-16-8-6-4-3-5-7-9-17-13-11-15-2;12-6-10-14-8-4-2-1-3-5-9-15-11-7-13;8-6-4-2-1-3-5-7-9;1-2-3-1;1-2/h3-13H2,1-2H3;1-11H2;8-9H,1-7H2;1-2H2;1H3/q;-2;;;. The fraction of sp³-hybridized carbons (Fsp3) is 1.00. The van der Waals surface area contributed by atoms with Gasteiger partial charge in [-0.15, -0.1) is 13.2 Å². The van der Waals surface area contributed by atoms with Gasteiger partial charge in [0.25, 0.3) is 0 Å². The van der Waals surface area contributed by atoms with Crippen molar-refractivity contribution in [3.05, 3.63) is 0 Å². The first-order chi connectivity index (χ1) is 22.7. The minimum Gasteiger partial charge on any atom is -0.853 e. The van der Waals surface area contributed by atoms with Gasteiger partial charge < -0.3 is 53.6 Å². The molecule has 11 nitrogen and oxygen atoms in total. The van der Waals surface area contributed by atoms with Gasteiger partial charge in [0, 0.05) is 67.1 Å². The molecule has 46 heavy (non-hydrogen) atoms. The Kier molecular flexibility index (Phi) is 69.9. The summed E-state index contributed by atoms with van der Waals surface area (Å²) in [5, 5.41) is 36.8. The van der Waals surface area contributed by atoms with Gasteiger partial charge >= 0.3 is 0 Å². The van der Waals surface area contributed by atoms with Crippen LogP contribution in [0.2, 0.25) is 0 Å². The molecule has 0 radical (unpaired) electrons. The van der Waals surface area contributed by atoms with Crippen molar-refractivity contribution < 1.29 is 53.6 Å². The zero-order chi connectivity index (χ0) is 34.9. The maximum absolute atomic E-state index is 10.0. The molecule has 2 N–H and O–H groups in total. The molecule has 0 unspecified atom stereocenters. The highest BCUT2D eigenvalue weighted by Crippen LogP contribution is 2.04. The molecular formula is C34H73IO11-2. The Hall–Kier alpha value is 0.290. The fourth-order valence-corrected chi connectivity index (χ4v) is 3.44. The number of aliphatic hydroxyl groups is 2. The van der Waals surface area contributed by atoms with E-state index in [4.69, 9.17) is 38.6 Å². The lowest BCUT2D eigenvalue weighted by molar-refractivity contribution is -0.374. The van der Waals surface area contributed by atoms with E-state index in [-0.39, 0.29) is 13.2 Å². The highest BCUT2D eigenvalue weighted by Gasteiger charge is 1.94. The number of alkyl halides is 1. The van der Waals surface area contributed by atoms with E-state index in [0.29, 0.717) is 66.1 Å². The molecule has 1 aliphatic heterocycles. The smallest absolute Gasteiger partial charge is 0.0701 e. The molecule has 0 aliphatic carbocycles. The molecular weight excluding hydrogens is 711 g/mol. The Labute approximate surface area is 296 Å². The Morgan fingerprint density at radius 1 is 0.435 bits per heavy atom. The first kappa shape index (κ1) is 53.1. The summed E-state index contributed by atoms with van der Waals surface area (Å²) in [6.45, 7) is 8.93. The molecule has 0 aromatic carbocycles. The van der Waals surface area contributed by atoms with E-state index in [1.165, 1.54) is 25.7 Å². The summed E-state index contributed by atoms with van der Waals surface area (Å²) in [6.07, 6.45) is 16.7. The van der Waals surface area contributed by atoms with Crippen LogP contribution in [0.15, 0.2) is 0 Å². The monoisotopic (exact) mass is 784 g/mol. The first-order valence-electron chi connectivity index (χ1n) is 17.4. The van der Waals surface area contributed by atoms with Gasteiger partial charge in [0.1, 0.15) is 0 Å². The lowest BCUT2D eigenvalue weighted by Crippen LogP contribution is -2.13. The second-order valence-electron chi connectivity index (χ2n) is 10.2. The number of methoxy groups -OCH3 is 2.